The molecular weight excluding hydrogens is 182 g/mol. The summed E-state index contributed by atoms with van der Waals surface area (Å²) in [6, 6.07) is 0. The number of hydrogen-bond acceptors (Lipinski definition) is 2. The predicted molar refractivity (Wildman–Crippen MR) is 61.8 cm³/mol. The van der Waals surface area contributed by atoms with E-state index in [0.717, 1.165) is 12.1 Å². The zero-order valence-corrected chi connectivity index (χ0v) is 9.28. The third kappa shape index (κ3) is 9.27. The van der Waals surface area contributed by atoms with Gasteiger partial charge in [0.15, 0.2) is 5.11 Å². The van der Waals surface area contributed by atoms with Gasteiger partial charge in [0.05, 0.1) is 0 Å². The van der Waals surface area contributed by atoms with Crippen LogP contribution in [0.4, 0.5) is 0 Å². The molecule has 3 N–H and O–H groups in total. The van der Waals surface area contributed by atoms with Gasteiger partial charge >= 0.3 is 0 Å². The molecule has 0 aliphatic heterocycles. The highest BCUT2D eigenvalue weighted by Crippen LogP contribution is 2.02. The second-order valence-corrected chi connectivity index (χ2v) is 3.57. The van der Waals surface area contributed by atoms with E-state index >= 15 is 0 Å². The monoisotopic (exact) mass is 201 g/mol. The minimum Gasteiger partial charge on any atom is -0.375 e. The van der Waals surface area contributed by atoms with E-state index < -0.39 is 0 Å². The number of hydrogen-bond donors (Lipinski definition) is 2. The van der Waals surface area contributed by atoms with E-state index in [2.05, 4.69) is 29.7 Å². The Morgan fingerprint density at radius 3 is 2.62 bits per heavy atom. The first kappa shape index (κ1) is 12.4. The summed E-state index contributed by atoms with van der Waals surface area (Å²) in [5.41, 5.74) is 8.87. The van der Waals surface area contributed by atoms with Crippen molar-refractivity contribution in [3.63, 3.8) is 0 Å². The smallest absolute Gasteiger partial charge is 0.184 e. The van der Waals surface area contributed by atoms with Gasteiger partial charge in [-0.25, -0.2) is 0 Å². The van der Waals surface area contributed by atoms with Gasteiger partial charge in [-0.05, 0) is 32.0 Å². The summed E-state index contributed by atoms with van der Waals surface area (Å²) in [5, 5.41) is 4.25. The maximum absolute atomic E-state index is 5.23. The maximum atomic E-state index is 5.23. The van der Waals surface area contributed by atoms with Crippen LogP contribution in [0.1, 0.15) is 46.0 Å². The molecule has 13 heavy (non-hydrogen) atoms. The Labute approximate surface area is 85.8 Å². The Morgan fingerprint density at radius 2 is 2.08 bits per heavy atom. The fraction of sp³-hybridized carbons (Fsp3) is 0.778. The molecule has 0 aromatic heterocycles. The summed E-state index contributed by atoms with van der Waals surface area (Å²) in [7, 11) is 0. The van der Waals surface area contributed by atoms with Gasteiger partial charge in [-0.15, -0.1) is 0 Å². The number of thiocarbonyl (C=S) groups is 1. The molecule has 0 amide bonds. The van der Waals surface area contributed by atoms with Gasteiger partial charge in [-0.2, -0.15) is 5.10 Å². The van der Waals surface area contributed by atoms with Crippen LogP contribution in [0.5, 0.6) is 0 Å². The van der Waals surface area contributed by atoms with E-state index in [1.165, 1.54) is 25.7 Å². The van der Waals surface area contributed by atoms with E-state index in [0.29, 0.717) is 0 Å². The van der Waals surface area contributed by atoms with Crippen LogP contribution in [0.2, 0.25) is 0 Å². The van der Waals surface area contributed by atoms with Crippen LogP contribution in [0.25, 0.3) is 0 Å². The molecule has 0 heterocycles. The summed E-state index contributed by atoms with van der Waals surface area (Å²) in [4.78, 5) is 0. The van der Waals surface area contributed by atoms with E-state index in [1.54, 1.807) is 0 Å². The molecule has 0 saturated heterocycles. The molecule has 0 unspecified atom stereocenters. The van der Waals surface area contributed by atoms with Gasteiger partial charge in [0, 0.05) is 5.71 Å². The summed E-state index contributed by atoms with van der Waals surface area (Å²) >= 11 is 4.63. The molecule has 0 atom stereocenters. The quantitative estimate of drug-likeness (QED) is 0.300. The fourth-order valence-corrected chi connectivity index (χ4v) is 1.06. The van der Waals surface area contributed by atoms with E-state index in [-0.39, 0.29) is 5.11 Å². The zero-order chi connectivity index (χ0) is 10.1. The SMILES string of the molecule is CCCCCC/C(C)=N\NC(N)=S. The fourth-order valence-electron chi connectivity index (χ4n) is 1.01. The second-order valence-electron chi connectivity index (χ2n) is 3.13. The highest BCUT2D eigenvalue weighted by Gasteiger charge is 1.92. The van der Waals surface area contributed by atoms with Gasteiger partial charge in [0.2, 0.25) is 0 Å². The van der Waals surface area contributed by atoms with Crippen LogP contribution in [-0.2, 0) is 0 Å². The van der Waals surface area contributed by atoms with Crippen LogP contribution >= 0.6 is 12.2 Å². The largest absolute Gasteiger partial charge is 0.375 e. The van der Waals surface area contributed by atoms with Gasteiger partial charge in [-0.1, -0.05) is 26.2 Å². The second kappa shape index (κ2) is 7.98. The van der Waals surface area contributed by atoms with Gasteiger partial charge in [0.1, 0.15) is 0 Å². The minimum absolute atomic E-state index is 0.230. The van der Waals surface area contributed by atoms with Crippen molar-refractivity contribution in [2.45, 2.75) is 46.0 Å². The highest BCUT2D eigenvalue weighted by atomic mass is 32.1. The van der Waals surface area contributed by atoms with Crippen molar-refractivity contribution in [3.05, 3.63) is 0 Å². The minimum atomic E-state index is 0.230. The lowest BCUT2D eigenvalue weighted by atomic mass is 10.1. The molecular formula is C9H19N3S. The van der Waals surface area contributed by atoms with Gasteiger partial charge in [0.25, 0.3) is 0 Å². The van der Waals surface area contributed by atoms with E-state index in [9.17, 15) is 0 Å². The molecule has 0 bridgehead atoms. The summed E-state index contributed by atoms with van der Waals surface area (Å²) in [6.45, 7) is 4.19. The van der Waals surface area contributed by atoms with Crippen molar-refractivity contribution < 1.29 is 0 Å². The first-order valence-electron chi connectivity index (χ1n) is 4.75. The molecule has 0 spiro atoms. The first-order chi connectivity index (χ1) is 6.16. The average molecular weight is 201 g/mol. The van der Waals surface area contributed by atoms with Crippen LogP contribution < -0.4 is 11.2 Å². The molecule has 0 aliphatic carbocycles. The van der Waals surface area contributed by atoms with E-state index in [4.69, 9.17) is 5.73 Å². The van der Waals surface area contributed by atoms with Crippen LogP contribution in [-0.4, -0.2) is 10.8 Å². The van der Waals surface area contributed by atoms with Crippen molar-refractivity contribution in [1.82, 2.24) is 5.43 Å². The molecule has 3 nitrogen and oxygen atoms in total. The average Bonchev–Trinajstić information content (AvgIpc) is 2.09. The maximum Gasteiger partial charge on any atom is 0.184 e. The Morgan fingerprint density at radius 1 is 1.38 bits per heavy atom. The molecule has 0 saturated carbocycles. The predicted octanol–water partition coefficient (Wildman–Crippen LogP) is 2.17. The number of nitrogens with one attached hydrogen (secondary N) is 1. The molecule has 4 heteroatoms. The highest BCUT2D eigenvalue weighted by molar-refractivity contribution is 7.80. The number of nitrogens with two attached hydrogens (primary N) is 1. The van der Waals surface area contributed by atoms with Crippen molar-refractivity contribution in [2.24, 2.45) is 10.8 Å². The van der Waals surface area contributed by atoms with Crippen LogP contribution in [0.3, 0.4) is 0 Å². The van der Waals surface area contributed by atoms with Crippen molar-refractivity contribution in [3.8, 4) is 0 Å². The van der Waals surface area contributed by atoms with Crippen molar-refractivity contribution in [2.75, 3.05) is 0 Å². The lowest BCUT2D eigenvalue weighted by molar-refractivity contribution is 0.681. The Bertz CT molecular complexity index is 178. The Balaban J connectivity index is 3.43. The molecule has 0 aromatic rings. The number of nitrogens with zero attached hydrogens (tertiary/aromatic N) is 1. The molecule has 76 valence electrons. The van der Waals surface area contributed by atoms with E-state index in [1.807, 2.05) is 6.92 Å². The molecule has 0 aliphatic rings. The zero-order valence-electron chi connectivity index (χ0n) is 8.47. The first-order valence-corrected chi connectivity index (χ1v) is 5.16. The molecule has 0 radical (unpaired) electrons. The number of unbranched alkanes of at least 4 members (excludes halogenated alkanes) is 3. The molecule has 0 fully saturated rings. The third-order valence-electron chi connectivity index (χ3n) is 1.75. The molecule has 0 rings (SSSR count). The summed E-state index contributed by atoms with van der Waals surface area (Å²) in [6.07, 6.45) is 6.06. The Kier molecular flexibility index (Phi) is 7.59. The van der Waals surface area contributed by atoms with Crippen molar-refractivity contribution >= 4 is 23.0 Å². The van der Waals surface area contributed by atoms with Gasteiger partial charge in [-0.3, -0.25) is 5.43 Å². The summed E-state index contributed by atoms with van der Waals surface area (Å²) in [5.74, 6) is 0. The number of hydrazone groups is 1. The topological polar surface area (TPSA) is 50.4 Å². The standard InChI is InChI=1S/C9H19N3S/c1-3-4-5-6-7-8(2)11-12-9(10)13/h3-7H2,1-2H3,(H3,10,12,13)/b11-8-. The summed E-state index contributed by atoms with van der Waals surface area (Å²) < 4.78 is 0. The van der Waals surface area contributed by atoms with Crippen molar-refractivity contribution in [1.29, 1.82) is 0 Å². The lowest BCUT2D eigenvalue weighted by Crippen LogP contribution is -2.25. The number of rotatable bonds is 6. The van der Waals surface area contributed by atoms with Gasteiger partial charge < -0.3 is 5.73 Å². The van der Waals surface area contributed by atoms with Crippen LogP contribution in [0, 0.1) is 0 Å². The Hall–Kier alpha value is -0.640. The third-order valence-corrected chi connectivity index (χ3v) is 1.84. The normalized spacial score (nSPS) is 11.4. The molecule has 0 aromatic carbocycles. The lowest BCUT2D eigenvalue weighted by Gasteiger charge is -2.01. The van der Waals surface area contributed by atoms with Crippen LogP contribution in [0.15, 0.2) is 5.10 Å².